The van der Waals surface area contributed by atoms with Crippen molar-refractivity contribution in [2.24, 2.45) is 0 Å². The standard InChI is InChI=1S/C34H34N8O2/c43-33(37-21-31-39-27-13-1-3-15-29(27)41(31)23-25-11-7-9-19-35-25)17-5-6-18-34(44)38-22-32-40-28-14-2-4-16-30(28)42(32)24-26-12-8-10-20-36-26/h1-4,7-16,19-20H,5-6,17-18,21-24H2,(H,37,43)(H,38,44). The predicted molar refractivity (Wildman–Crippen MR) is 168 cm³/mol. The van der Waals surface area contributed by atoms with E-state index in [-0.39, 0.29) is 11.8 Å². The number of aromatic nitrogens is 6. The third-order valence-electron chi connectivity index (χ3n) is 7.50. The second-order valence-electron chi connectivity index (χ2n) is 10.6. The van der Waals surface area contributed by atoms with E-state index in [2.05, 4.69) is 29.7 Å². The van der Waals surface area contributed by atoms with E-state index >= 15 is 0 Å². The SMILES string of the molecule is O=C(CCCCC(=O)NCc1nc2ccccc2n1Cc1ccccn1)NCc1nc2ccccc2n1Cc1ccccn1. The summed E-state index contributed by atoms with van der Waals surface area (Å²) in [6.07, 6.45) is 5.46. The molecule has 2 amide bonds. The molecule has 222 valence electrons. The summed E-state index contributed by atoms with van der Waals surface area (Å²) >= 11 is 0. The van der Waals surface area contributed by atoms with Gasteiger partial charge in [-0.05, 0) is 61.4 Å². The molecule has 4 heterocycles. The number of nitrogens with one attached hydrogen (secondary N) is 2. The lowest BCUT2D eigenvalue weighted by Gasteiger charge is -2.11. The van der Waals surface area contributed by atoms with Gasteiger partial charge in [0.1, 0.15) is 11.6 Å². The topological polar surface area (TPSA) is 120 Å². The Morgan fingerprint density at radius 1 is 0.568 bits per heavy atom. The number of amides is 2. The van der Waals surface area contributed by atoms with Crippen LogP contribution in [0.2, 0.25) is 0 Å². The van der Waals surface area contributed by atoms with Crippen LogP contribution in [0.1, 0.15) is 48.7 Å². The van der Waals surface area contributed by atoms with Gasteiger partial charge in [0.2, 0.25) is 11.8 Å². The number of pyridine rings is 2. The average Bonchev–Trinajstić information content (AvgIpc) is 3.59. The minimum atomic E-state index is -0.0647. The molecular weight excluding hydrogens is 552 g/mol. The van der Waals surface area contributed by atoms with Gasteiger partial charge in [-0.1, -0.05) is 36.4 Å². The Hall–Kier alpha value is -5.38. The lowest BCUT2D eigenvalue weighted by molar-refractivity contribution is -0.123. The third-order valence-corrected chi connectivity index (χ3v) is 7.50. The summed E-state index contributed by atoms with van der Waals surface area (Å²) in [6.45, 7) is 1.78. The van der Waals surface area contributed by atoms with Crippen molar-refractivity contribution >= 4 is 33.9 Å². The molecule has 2 N–H and O–H groups in total. The number of fused-ring (bicyclic) bond motifs is 2. The van der Waals surface area contributed by atoms with Crippen LogP contribution >= 0.6 is 0 Å². The highest BCUT2D eigenvalue weighted by atomic mass is 16.2. The Bertz CT molecular complexity index is 1730. The molecule has 0 spiro atoms. The lowest BCUT2D eigenvalue weighted by atomic mass is 10.2. The zero-order valence-corrected chi connectivity index (χ0v) is 24.4. The van der Waals surface area contributed by atoms with Gasteiger partial charge in [0.05, 0.1) is 59.6 Å². The molecule has 6 rings (SSSR count). The Morgan fingerprint density at radius 3 is 1.43 bits per heavy atom. The number of carbonyl (C=O) groups excluding carboxylic acids is 2. The summed E-state index contributed by atoms with van der Waals surface area (Å²) in [6, 6.07) is 27.5. The van der Waals surface area contributed by atoms with Crippen LogP contribution in [0.5, 0.6) is 0 Å². The van der Waals surface area contributed by atoms with E-state index < -0.39 is 0 Å². The number of carbonyl (C=O) groups is 2. The van der Waals surface area contributed by atoms with Crippen molar-refractivity contribution in [3.05, 3.63) is 120 Å². The van der Waals surface area contributed by atoms with Crippen molar-refractivity contribution in [3.8, 4) is 0 Å². The molecule has 0 bridgehead atoms. The molecule has 0 atom stereocenters. The van der Waals surface area contributed by atoms with Gasteiger partial charge in [-0.3, -0.25) is 19.6 Å². The first-order chi connectivity index (χ1) is 21.6. The number of rotatable bonds is 13. The molecule has 0 fully saturated rings. The summed E-state index contributed by atoms with van der Waals surface area (Å²) in [5.41, 5.74) is 5.61. The molecule has 10 nitrogen and oxygen atoms in total. The highest BCUT2D eigenvalue weighted by Crippen LogP contribution is 2.19. The maximum atomic E-state index is 12.7. The minimum Gasteiger partial charge on any atom is -0.349 e. The Labute approximate surface area is 255 Å². The second-order valence-corrected chi connectivity index (χ2v) is 10.6. The van der Waals surface area contributed by atoms with Crippen molar-refractivity contribution < 1.29 is 9.59 Å². The van der Waals surface area contributed by atoms with Gasteiger partial charge in [-0.25, -0.2) is 9.97 Å². The summed E-state index contributed by atoms with van der Waals surface area (Å²) in [4.78, 5) is 43.7. The van der Waals surface area contributed by atoms with E-state index in [9.17, 15) is 9.59 Å². The zero-order chi connectivity index (χ0) is 30.1. The van der Waals surface area contributed by atoms with E-state index in [4.69, 9.17) is 9.97 Å². The van der Waals surface area contributed by atoms with Crippen LogP contribution in [0.25, 0.3) is 22.1 Å². The number of imidazole rings is 2. The Balaban J connectivity index is 0.975. The summed E-state index contributed by atoms with van der Waals surface area (Å²) in [7, 11) is 0. The first kappa shape index (κ1) is 28.7. The zero-order valence-electron chi connectivity index (χ0n) is 24.4. The monoisotopic (exact) mass is 586 g/mol. The maximum Gasteiger partial charge on any atom is 0.220 e. The first-order valence-corrected chi connectivity index (χ1v) is 14.9. The molecule has 2 aromatic carbocycles. The average molecular weight is 587 g/mol. The van der Waals surface area contributed by atoms with Gasteiger partial charge in [-0.2, -0.15) is 0 Å². The van der Waals surface area contributed by atoms with Crippen LogP contribution < -0.4 is 10.6 Å². The van der Waals surface area contributed by atoms with Gasteiger partial charge in [0.25, 0.3) is 0 Å². The maximum absolute atomic E-state index is 12.7. The van der Waals surface area contributed by atoms with Crippen LogP contribution in [0, 0.1) is 0 Å². The van der Waals surface area contributed by atoms with Crippen molar-refractivity contribution in [3.63, 3.8) is 0 Å². The molecule has 10 heteroatoms. The lowest BCUT2D eigenvalue weighted by Crippen LogP contribution is -2.26. The van der Waals surface area contributed by atoms with Gasteiger partial charge in [-0.15, -0.1) is 0 Å². The fourth-order valence-corrected chi connectivity index (χ4v) is 5.28. The number of hydrogen-bond donors (Lipinski definition) is 2. The molecule has 0 unspecified atom stereocenters. The molecule has 0 aliphatic rings. The highest BCUT2D eigenvalue weighted by Gasteiger charge is 2.14. The third kappa shape index (κ3) is 6.97. The molecule has 44 heavy (non-hydrogen) atoms. The van der Waals surface area contributed by atoms with Gasteiger partial charge < -0.3 is 19.8 Å². The van der Waals surface area contributed by atoms with Crippen LogP contribution in [0.3, 0.4) is 0 Å². The van der Waals surface area contributed by atoms with E-state index in [1.165, 1.54) is 0 Å². The summed E-state index contributed by atoms with van der Waals surface area (Å²) in [5.74, 6) is 1.42. The van der Waals surface area contributed by atoms with Crippen LogP contribution in [-0.4, -0.2) is 40.9 Å². The Kier molecular flexibility index (Phi) is 8.96. The van der Waals surface area contributed by atoms with Crippen molar-refractivity contribution in [2.75, 3.05) is 0 Å². The van der Waals surface area contributed by atoms with Crippen molar-refractivity contribution in [1.82, 2.24) is 39.7 Å². The van der Waals surface area contributed by atoms with Gasteiger partial charge >= 0.3 is 0 Å². The molecule has 0 saturated heterocycles. The highest BCUT2D eigenvalue weighted by molar-refractivity contribution is 5.79. The molecule has 6 aromatic rings. The van der Waals surface area contributed by atoms with E-state index in [1.54, 1.807) is 12.4 Å². The molecule has 0 saturated carbocycles. The van der Waals surface area contributed by atoms with E-state index in [1.807, 2.05) is 84.9 Å². The number of benzene rings is 2. The van der Waals surface area contributed by atoms with Crippen LogP contribution in [0.4, 0.5) is 0 Å². The van der Waals surface area contributed by atoms with E-state index in [0.29, 0.717) is 51.9 Å². The largest absolute Gasteiger partial charge is 0.349 e. The molecular formula is C34H34N8O2. The smallest absolute Gasteiger partial charge is 0.220 e. The second kappa shape index (κ2) is 13.7. The fourth-order valence-electron chi connectivity index (χ4n) is 5.28. The predicted octanol–water partition coefficient (Wildman–Crippen LogP) is 4.77. The molecule has 4 aromatic heterocycles. The fraction of sp³-hybridized carbons (Fsp3) is 0.235. The number of nitrogens with zero attached hydrogens (tertiary/aromatic N) is 6. The van der Waals surface area contributed by atoms with Crippen LogP contribution in [-0.2, 0) is 35.8 Å². The quantitative estimate of drug-likeness (QED) is 0.188. The normalized spacial score (nSPS) is 11.2. The van der Waals surface area contributed by atoms with Gasteiger partial charge in [0, 0.05) is 25.2 Å². The Morgan fingerprint density at radius 2 is 1.00 bits per heavy atom. The number of para-hydroxylation sites is 4. The van der Waals surface area contributed by atoms with Crippen LogP contribution in [0.15, 0.2) is 97.3 Å². The van der Waals surface area contributed by atoms with Crippen molar-refractivity contribution in [2.45, 2.75) is 51.9 Å². The summed E-state index contributed by atoms with van der Waals surface area (Å²) in [5, 5.41) is 6.00. The molecule has 0 aliphatic carbocycles. The number of hydrogen-bond acceptors (Lipinski definition) is 6. The van der Waals surface area contributed by atoms with E-state index in [0.717, 1.165) is 45.1 Å². The number of unbranched alkanes of at least 4 members (excludes halogenated alkanes) is 1. The first-order valence-electron chi connectivity index (χ1n) is 14.9. The van der Waals surface area contributed by atoms with Crippen molar-refractivity contribution in [1.29, 1.82) is 0 Å². The minimum absolute atomic E-state index is 0.0647. The molecule has 0 radical (unpaired) electrons. The summed E-state index contributed by atoms with van der Waals surface area (Å²) < 4.78 is 4.18. The van der Waals surface area contributed by atoms with Gasteiger partial charge in [0.15, 0.2) is 0 Å². The molecule has 0 aliphatic heterocycles.